The van der Waals surface area contributed by atoms with Gasteiger partial charge in [0.05, 0.1) is 11.6 Å². The van der Waals surface area contributed by atoms with E-state index in [1.165, 1.54) is 47.8 Å². The lowest BCUT2D eigenvalue weighted by atomic mass is 10.0. The third-order valence-electron chi connectivity index (χ3n) is 6.95. The van der Waals surface area contributed by atoms with Gasteiger partial charge in [-0.2, -0.15) is 5.26 Å². The van der Waals surface area contributed by atoms with E-state index in [2.05, 4.69) is 76.7 Å². The molecule has 0 saturated carbocycles. The number of unbranched alkanes of at least 4 members (excludes halogenated alkanes) is 1. The summed E-state index contributed by atoms with van der Waals surface area (Å²) in [5.74, 6) is 0. The second-order valence-electron chi connectivity index (χ2n) is 8.84. The number of allylic oxidation sites excluding steroid dienone is 1. The van der Waals surface area contributed by atoms with Crippen LogP contribution in [0.2, 0.25) is 30.2 Å². The van der Waals surface area contributed by atoms with Gasteiger partial charge in [0.1, 0.15) is 0 Å². The Bertz CT molecular complexity index is 873. The monoisotopic (exact) mass is 463 g/mol. The zero-order valence-electron chi connectivity index (χ0n) is 20.8. The summed E-state index contributed by atoms with van der Waals surface area (Å²) >= 11 is 0. The normalized spacial score (nSPS) is 12.2. The molecular weight excluding hydrogens is 422 g/mol. The van der Waals surface area contributed by atoms with Gasteiger partial charge in [-0.3, -0.25) is 0 Å². The average molecular weight is 464 g/mol. The van der Waals surface area contributed by atoms with Gasteiger partial charge >= 0.3 is 0 Å². The first-order valence-corrected chi connectivity index (χ1v) is 17.4. The van der Waals surface area contributed by atoms with Crippen molar-refractivity contribution in [2.24, 2.45) is 0 Å². The zero-order valence-corrected chi connectivity index (χ0v) is 22.8. The molecule has 0 atom stereocenters. The fourth-order valence-corrected chi connectivity index (χ4v) is 14.3. The van der Waals surface area contributed by atoms with E-state index < -0.39 is 16.6 Å². The SMILES string of the molecule is CCCC=C[Si](CC)(CC)O[Si](CC)(CC)CCc1ccc(-c2ccc(C#N)cc2)cc1. The molecule has 0 N–H and O–H groups in total. The molecule has 0 amide bonds. The maximum atomic E-state index is 9.00. The lowest BCUT2D eigenvalue weighted by molar-refractivity contribution is 0.519. The van der Waals surface area contributed by atoms with E-state index in [0.717, 1.165) is 18.4 Å². The Labute approximate surface area is 198 Å². The number of hydrogen-bond donors (Lipinski definition) is 0. The van der Waals surface area contributed by atoms with Gasteiger partial charge in [0.25, 0.3) is 0 Å². The van der Waals surface area contributed by atoms with Crippen LogP contribution in [0.15, 0.2) is 60.3 Å². The minimum absolute atomic E-state index is 0.703. The summed E-state index contributed by atoms with van der Waals surface area (Å²) in [5.41, 5.74) is 6.97. The standard InChI is InChI=1S/C28H41NOSi2/c1-6-11-12-22-31(7-2,8-3)30-32(9-4,10-5)23-21-25-13-17-27(18-14-25)28-19-15-26(24-29)16-20-28/h12-20,22H,6-11,21,23H2,1-5H3. The van der Waals surface area contributed by atoms with Crippen LogP contribution in [0.5, 0.6) is 0 Å². The van der Waals surface area contributed by atoms with Crippen molar-refractivity contribution in [2.75, 3.05) is 0 Å². The molecule has 2 aromatic carbocycles. The van der Waals surface area contributed by atoms with Crippen molar-refractivity contribution < 1.29 is 4.12 Å². The van der Waals surface area contributed by atoms with E-state index >= 15 is 0 Å². The fourth-order valence-electron chi connectivity index (χ4n) is 4.33. The van der Waals surface area contributed by atoms with Crippen molar-refractivity contribution >= 4 is 16.6 Å². The molecule has 0 fully saturated rings. The van der Waals surface area contributed by atoms with Gasteiger partial charge in [0.15, 0.2) is 8.32 Å². The molecule has 4 heteroatoms. The summed E-state index contributed by atoms with van der Waals surface area (Å²) in [7, 11) is -3.57. The van der Waals surface area contributed by atoms with E-state index in [0.29, 0.717) is 5.56 Å². The number of hydrogen-bond acceptors (Lipinski definition) is 2. The number of nitrogens with zero attached hydrogens (tertiary/aromatic N) is 1. The number of benzene rings is 2. The highest BCUT2D eigenvalue weighted by molar-refractivity contribution is 6.89. The first-order chi connectivity index (χ1) is 15.5. The van der Waals surface area contributed by atoms with Crippen molar-refractivity contribution in [3.05, 3.63) is 71.4 Å². The summed E-state index contributed by atoms with van der Waals surface area (Å²) in [5, 5.41) is 9.00. The molecule has 0 bridgehead atoms. The highest BCUT2D eigenvalue weighted by Gasteiger charge is 2.40. The predicted octanol–water partition coefficient (Wildman–Crippen LogP) is 8.65. The fraction of sp³-hybridized carbons (Fsp3) is 0.464. The molecular formula is C28H41NOSi2. The first kappa shape index (κ1) is 26.3. The Balaban J connectivity index is 2.12. The predicted molar refractivity (Wildman–Crippen MR) is 144 cm³/mol. The van der Waals surface area contributed by atoms with Gasteiger partial charge < -0.3 is 4.12 Å². The first-order valence-electron chi connectivity index (χ1n) is 12.5. The zero-order chi connectivity index (χ0) is 23.5. The summed E-state index contributed by atoms with van der Waals surface area (Å²) in [4.78, 5) is 0. The van der Waals surface area contributed by atoms with Crippen LogP contribution in [0.1, 0.15) is 58.6 Å². The molecule has 2 nitrogen and oxygen atoms in total. The lowest BCUT2D eigenvalue weighted by Gasteiger charge is -2.40. The van der Waals surface area contributed by atoms with E-state index in [-0.39, 0.29) is 0 Å². The maximum absolute atomic E-state index is 9.00. The van der Waals surface area contributed by atoms with E-state index in [1.807, 2.05) is 24.3 Å². The Hall–Kier alpha value is -1.94. The van der Waals surface area contributed by atoms with Gasteiger partial charge in [-0.05, 0) is 71.9 Å². The largest absolute Gasteiger partial charge is 0.452 e. The van der Waals surface area contributed by atoms with Gasteiger partial charge in [0, 0.05) is 0 Å². The molecule has 0 aromatic heterocycles. The Morgan fingerprint density at radius 2 is 1.38 bits per heavy atom. The van der Waals surface area contributed by atoms with Crippen molar-refractivity contribution in [3.63, 3.8) is 0 Å². The van der Waals surface area contributed by atoms with Crippen LogP contribution in [0.3, 0.4) is 0 Å². The molecule has 0 unspecified atom stereocenters. The van der Waals surface area contributed by atoms with Crippen molar-refractivity contribution in [1.82, 2.24) is 0 Å². The van der Waals surface area contributed by atoms with Crippen LogP contribution in [0, 0.1) is 11.3 Å². The summed E-state index contributed by atoms with van der Waals surface area (Å²) < 4.78 is 7.27. The molecule has 0 aliphatic rings. The Morgan fingerprint density at radius 1 is 0.812 bits per heavy atom. The minimum Gasteiger partial charge on any atom is -0.452 e. The third-order valence-corrected chi connectivity index (χ3v) is 17.3. The Kier molecular flexibility index (Phi) is 10.6. The number of rotatable bonds is 13. The van der Waals surface area contributed by atoms with E-state index in [1.54, 1.807) is 0 Å². The number of aryl methyl sites for hydroxylation is 1. The molecule has 0 radical (unpaired) electrons. The Morgan fingerprint density at radius 3 is 1.84 bits per heavy atom. The lowest BCUT2D eigenvalue weighted by Crippen LogP contribution is -2.49. The van der Waals surface area contributed by atoms with Crippen LogP contribution < -0.4 is 0 Å². The van der Waals surface area contributed by atoms with Crippen molar-refractivity contribution in [3.8, 4) is 17.2 Å². The van der Waals surface area contributed by atoms with Gasteiger partial charge in [-0.15, -0.1) is 0 Å². The molecule has 0 spiro atoms. The van der Waals surface area contributed by atoms with Crippen LogP contribution >= 0.6 is 0 Å². The smallest absolute Gasteiger partial charge is 0.204 e. The van der Waals surface area contributed by atoms with Crippen LogP contribution in [-0.2, 0) is 10.5 Å². The molecule has 2 aromatic rings. The second kappa shape index (κ2) is 12.9. The topological polar surface area (TPSA) is 33.0 Å². The van der Waals surface area contributed by atoms with Gasteiger partial charge in [0.2, 0.25) is 8.32 Å². The van der Waals surface area contributed by atoms with E-state index in [9.17, 15) is 0 Å². The van der Waals surface area contributed by atoms with Gasteiger partial charge in [-0.25, -0.2) is 0 Å². The van der Waals surface area contributed by atoms with Crippen molar-refractivity contribution in [1.29, 1.82) is 5.26 Å². The van der Waals surface area contributed by atoms with Crippen molar-refractivity contribution in [2.45, 2.75) is 84.1 Å². The molecule has 0 heterocycles. The highest BCUT2D eigenvalue weighted by Crippen LogP contribution is 2.32. The number of nitriles is 1. The molecule has 32 heavy (non-hydrogen) atoms. The molecule has 2 rings (SSSR count). The quantitative estimate of drug-likeness (QED) is 0.278. The third kappa shape index (κ3) is 7.03. The van der Waals surface area contributed by atoms with Crippen LogP contribution in [-0.4, -0.2) is 16.6 Å². The molecule has 0 aliphatic heterocycles. The highest BCUT2D eigenvalue weighted by atomic mass is 28.4. The van der Waals surface area contributed by atoms with Crippen LogP contribution in [0.4, 0.5) is 0 Å². The molecule has 0 aliphatic carbocycles. The maximum Gasteiger partial charge on any atom is 0.204 e. The van der Waals surface area contributed by atoms with Crippen LogP contribution in [0.25, 0.3) is 11.1 Å². The minimum atomic E-state index is -1.80. The second-order valence-corrected chi connectivity index (χ2v) is 17.8. The van der Waals surface area contributed by atoms with E-state index in [4.69, 9.17) is 9.38 Å². The summed E-state index contributed by atoms with van der Waals surface area (Å²) in [6.45, 7) is 11.6. The molecule has 172 valence electrons. The summed E-state index contributed by atoms with van der Waals surface area (Å²) in [6.07, 6.45) is 5.86. The van der Waals surface area contributed by atoms with Gasteiger partial charge in [-0.1, -0.05) is 89.2 Å². The molecule has 0 saturated heterocycles. The average Bonchev–Trinajstić information content (AvgIpc) is 2.86. The summed E-state index contributed by atoms with van der Waals surface area (Å²) in [6, 6.07) is 24.9.